The fourth-order valence-electron chi connectivity index (χ4n) is 2.34. The fourth-order valence-corrected chi connectivity index (χ4v) is 2.34. The Hall–Kier alpha value is -1.89. The van der Waals surface area contributed by atoms with E-state index >= 15 is 0 Å². The van der Waals surface area contributed by atoms with Crippen LogP contribution in [0.15, 0.2) is 24.5 Å². The standard InChI is InChI=1S/C15H21N3O/c1-4-8-15(12-16,9-5-2)14(19)18(3)13-7-6-10-17-11-13/h6-7,10-11H,4-5,8-9H2,1-3H3. The molecule has 0 aromatic carbocycles. The summed E-state index contributed by atoms with van der Waals surface area (Å²) in [4.78, 5) is 18.2. The monoisotopic (exact) mass is 259 g/mol. The summed E-state index contributed by atoms with van der Waals surface area (Å²) in [5, 5.41) is 9.49. The third kappa shape index (κ3) is 3.31. The second-order valence-electron chi connectivity index (χ2n) is 4.77. The smallest absolute Gasteiger partial charge is 0.247 e. The van der Waals surface area contributed by atoms with Crippen molar-refractivity contribution < 1.29 is 4.79 Å². The molecule has 0 atom stereocenters. The molecule has 0 radical (unpaired) electrons. The summed E-state index contributed by atoms with van der Waals surface area (Å²) in [5.41, 5.74) is -0.187. The highest BCUT2D eigenvalue weighted by molar-refractivity contribution is 5.98. The van der Waals surface area contributed by atoms with Gasteiger partial charge in [0.1, 0.15) is 5.41 Å². The highest BCUT2D eigenvalue weighted by atomic mass is 16.2. The van der Waals surface area contributed by atoms with E-state index in [1.54, 1.807) is 30.4 Å². The molecular formula is C15H21N3O. The molecule has 4 nitrogen and oxygen atoms in total. The molecule has 1 rings (SSSR count). The van der Waals surface area contributed by atoms with E-state index in [0.717, 1.165) is 18.5 Å². The van der Waals surface area contributed by atoms with Gasteiger partial charge in [0.05, 0.1) is 18.0 Å². The van der Waals surface area contributed by atoms with Gasteiger partial charge in [-0.1, -0.05) is 26.7 Å². The van der Waals surface area contributed by atoms with Crippen LogP contribution in [0, 0.1) is 16.7 Å². The summed E-state index contributed by atoms with van der Waals surface area (Å²) in [6.07, 6.45) is 6.14. The number of hydrogen-bond acceptors (Lipinski definition) is 3. The number of rotatable bonds is 6. The number of carbonyl (C=O) groups excluding carboxylic acids is 1. The first-order valence-corrected chi connectivity index (χ1v) is 6.70. The molecule has 0 bridgehead atoms. The molecule has 0 unspecified atom stereocenters. The van der Waals surface area contributed by atoms with Gasteiger partial charge in [0.25, 0.3) is 0 Å². The van der Waals surface area contributed by atoms with Crippen LogP contribution in [0.25, 0.3) is 0 Å². The second-order valence-corrected chi connectivity index (χ2v) is 4.77. The average molecular weight is 259 g/mol. The Morgan fingerprint density at radius 2 is 2.05 bits per heavy atom. The summed E-state index contributed by atoms with van der Waals surface area (Å²) >= 11 is 0. The van der Waals surface area contributed by atoms with Crippen LogP contribution < -0.4 is 4.90 Å². The first-order valence-electron chi connectivity index (χ1n) is 6.70. The topological polar surface area (TPSA) is 57.0 Å². The molecule has 0 spiro atoms. The zero-order valence-electron chi connectivity index (χ0n) is 11.9. The number of carbonyl (C=O) groups is 1. The van der Waals surface area contributed by atoms with Crippen molar-refractivity contribution in [3.63, 3.8) is 0 Å². The molecule has 0 aliphatic heterocycles. The summed E-state index contributed by atoms with van der Waals surface area (Å²) in [6, 6.07) is 5.87. The molecule has 1 heterocycles. The molecule has 102 valence electrons. The third-order valence-electron chi connectivity index (χ3n) is 3.31. The van der Waals surface area contributed by atoms with E-state index in [2.05, 4.69) is 11.1 Å². The highest BCUT2D eigenvalue weighted by Gasteiger charge is 2.39. The maximum Gasteiger partial charge on any atom is 0.247 e. The van der Waals surface area contributed by atoms with E-state index in [1.807, 2.05) is 19.9 Å². The van der Waals surface area contributed by atoms with E-state index in [1.165, 1.54) is 0 Å². The Kier molecular flexibility index (Phi) is 5.50. The maximum atomic E-state index is 12.7. The highest BCUT2D eigenvalue weighted by Crippen LogP contribution is 2.32. The fraction of sp³-hybridized carbons (Fsp3) is 0.533. The van der Waals surface area contributed by atoms with Crippen molar-refractivity contribution in [3.05, 3.63) is 24.5 Å². The third-order valence-corrected chi connectivity index (χ3v) is 3.31. The minimum absolute atomic E-state index is 0.133. The Morgan fingerprint density at radius 3 is 2.47 bits per heavy atom. The van der Waals surface area contributed by atoms with Gasteiger partial charge in [-0.25, -0.2) is 0 Å². The lowest BCUT2D eigenvalue weighted by Gasteiger charge is -2.29. The molecule has 0 fully saturated rings. The predicted molar refractivity (Wildman–Crippen MR) is 75.5 cm³/mol. The summed E-state index contributed by atoms with van der Waals surface area (Å²) in [7, 11) is 1.71. The normalized spacial score (nSPS) is 10.8. The molecule has 0 aliphatic carbocycles. The van der Waals surface area contributed by atoms with Gasteiger partial charge in [0.2, 0.25) is 5.91 Å². The summed E-state index contributed by atoms with van der Waals surface area (Å²) < 4.78 is 0. The lowest BCUT2D eigenvalue weighted by Crippen LogP contribution is -2.41. The predicted octanol–water partition coefficient (Wildman–Crippen LogP) is 3.15. The summed E-state index contributed by atoms with van der Waals surface area (Å²) in [5.74, 6) is -0.133. The molecular weight excluding hydrogens is 238 g/mol. The zero-order valence-corrected chi connectivity index (χ0v) is 11.9. The van der Waals surface area contributed by atoms with Crippen molar-refractivity contribution in [2.45, 2.75) is 39.5 Å². The van der Waals surface area contributed by atoms with Crippen molar-refractivity contribution in [2.75, 3.05) is 11.9 Å². The van der Waals surface area contributed by atoms with Gasteiger partial charge in [-0.3, -0.25) is 9.78 Å². The Balaban J connectivity index is 3.03. The Morgan fingerprint density at radius 1 is 1.42 bits per heavy atom. The minimum Gasteiger partial charge on any atom is -0.313 e. The molecule has 19 heavy (non-hydrogen) atoms. The second kappa shape index (κ2) is 6.89. The van der Waals surface area contributed by atoms with Crippen LogP contribution >= 0.6 is 0 Å². The van der Waals surface area contributed by atoms with Crippen molar-refractivity contribution in [2.24, 2.45) is 5.41 Å². The number of aromatic nitrogens is 1. The van der Waals surface area contributed by atoms with Gasteiger partial charge in [-0.15, -0.1) is 0 Å². The van der Waals surface area contributed by atoms with Gasteiger partial charge < -0.3 is 4.90 Å². The van der Waals surface area contributed by atoms with Crippen molar-refractivity contribution >= 4 is 11.6 Å². The first-order chi connectivity index (χ1) is 9.11. The first kappa shape index (κ1) is 15.2. The van der Waals surface area contributed by atoms with Gasteiger partial charge in [0.15, 0.2) is 0 Å². The molecule has 0 saturated carbocycles. The number of amides is 1. The van der Waals surface area contributed by atoms with Crippen LogP contribution in [0.1, 0.15) is 39.5 Å². The maximum absolute atomic E-state index is 12.7. The number of anilines is 1. The van der Waals surface area contributed by atoms with Gasteiger partial charge in [-0.05, 0) is 25.0 Å². The molecule has 0 aliphatic rings. The van der Waals surface area contributed by atoms with E-state index < -0.39 is 5.41 Å². The van der Waals surface area contributed by atoms with E-state index in [0.29, 0.717) is 12.8 Å². The molecule has 1 aromatic rings. The Bertz CT molecular complexity index is 444. The molecule has 4 heteroatoms. The van der Waals surface area contributed by atoms with E-state index in [-0.39, 0.29) is 5.91 Å². The van der Waals surface area contributed by atoms with E-state index in [9.17, 15) is 10.1 Å². The largest absolute Gasteiger partial charge is 0.313 e. The van der Waals surface area contributed by atoms with Gasteiger partial charge in [-0.2, -0.15) is 5.26 Å². The lowest BCUT2D eigenvalue weighted by atomic mass is 9.79. The molecule has 0 saturated heterocycles. The van der Waals surface area contributed by atoms with Gasteiger partial charge >= 0.3 is 0 Å². The quantitative estimate of drug-likeness (QED) is 0.788. The lowest BCUT2D eigenvalue weighted by molar-refractivity contribution is -0.125. The van der Waals surface area contributed by atoms with Crippen LogP contribution in [-0.2, 0) is 4.79 Å². The number of hydrogen-bond donors (Lipinski definition) is 0. The van der Waals surface area contributed by atoms with Crippen LogP contribution in [0.3, 0.4) is 0 Å². The number of nitriles is 1. The average Bonchev–Trinajstić information content (AvgIpc) is 2.46. The van der Waals surface area contributed by atoms with Crippen LogP contribution in [0.5, 0.6) is 0 Å². The summed E-state index contributed by atoms with van der Waals surface area (Å²) in [6.45, 7) is 4.00. The SMILES string of the molecule is CCCC(C#N)(CCC)C(=O)N(C)c1cccnc1. The number of nitrogens with zero attached hydrogens (tertiary/aromatic N) is 3. The Labute approximate surface area is 115 Å². The van der Waals surface area contributed by atoms with Crippen molar-refractivity contribution in [1.29, 1.82) is 5.26 Å². The molecule has 0 N–H and O–H groups in total. The zero-order chi connectivity index (χ0) is 14.3. The van der Waals surface area contributed by atoms with Crippen LogP contribution in [-0.4, -0.2) is 17.9 Å². The van der Waals surface area contributed by atoms with Crippen LogP contribution in [0.2, 0.25) is 0 Å². The van der Waals surface area contributed by atoms with Crippen molar-refractivity contribution in [1.82, 2.24) is 4.98 Å². The molecule has 1 amide bonds. The van der Waals surface area contributed by atoms with Crippen molar-refractivity contribution in [3.8, 4) is 6.07 Å². The van der Waals surface area contributed by atoms with Gasteiger partial charge in [0, 0.05) is 13.2 Å². The van der Waals surface area contributed by atoms with E-state index in [4.69, 9.17) is 0 Å². The van der Waals surface area contributed by atoms with Crippen LogP contribution in [0.4, 0.5) is 5.69 Å². The molecule has 1 aromatic heterocycles. The number of pyridine rings is 1. The minimum atomic E-state index is -0.909.